The molecule has 4 rings (SSSR count). The predicted molar refractivity (Wildman–Crippen MR) is 129 cm³/mol. The molecule has 4 fully saturated rings. The fourth-order valence-electron chi connectivity index (χ4n) is 9.37. The highest BCUT2D eigenvalue weighted by molar-refractivity contribution is 5.15. The topological polar surface area (TPSA) is 101 Å². The Morgan fingerprint density at radius 1 is 0.909 bits per heavy atom. The minimum atomic E-state index is -0.858. The SMILES string of the molecule is C=C(CCC(C)C1C[C@@H](O)C2[C@@H]3CC(O)C4[C@@H](O)[C@@H](O)CC[C@]4(C)C3CC[C@]12C)[C@H](C)CO. The van der Waals surface area contributed by atoms with Gasteiger partial charge in [0.2, 0.25) is 0 Å². The normalized spacial score (nSPS) is 51.2. The van der Waals surface area contributed by atoms with Crippen LogP contribution in [0.3, 0.4) is 0 Å². The second kappa shape index (κ2) is 9.20. The Morgan fingerprint density at radius 3 is 2.21 bits per heavy atom. The van der Waals surface area contributed by atoms with Crippen LogP contribution in [0.2, 0.25) is 0 Å². The highest BCUT2D eigenvalue weighted by atomic mass is 16.3. The number of hydrogen-bond acceptors (Lipinski definition) is 5. The van der Waals surface area contributed by atoms with Gasteiger partial charge in [-0.25, -0.2) is 0 Å². The van der Waals surface area contributed by atoms with E-state index in [4.69, 9.17) is 0 Å². The molecule has 0 bridgehead atoms. The van der Waals surface area contributed by atoms with Crippen molar-refractivity contribution in [1.82, 2.24) is 0 Å². The minimum absolute atomic E-state index is 0.0552. The quantitative estimate of drug-likeness (QED) is 0.387. The fourth-order valence-corrected chi connectivity index (χ4v) is 9.37. The zero-order valence-electron chi connectivity index (χ0n) is 21.2. The van der Waals surface area contributed by atoms with E-state index in [1.165, 1.54) is 0 Å². The molecule has 0 saturated heterocycles. The molecule has 0 aromatic heterocycles. The van der Waals surface area contributed by atoms with Crippen LogP contribution in [0.25, 0.3) is 0 Å². The van der Waals surface area contributed by atoms with E-state index >= 15 is 0 Å². The van der Waals surface area contributed by atoms with Gasteiger partial charge in [0.15, 0.2) is 0 Å². The van der Waals surface area contributed by atoms with Gasteiger partial charge in [0.1, 0.15) is 0 Å². The Morgan fingerprint density at radius 2 is 1.55 bits per heavy atom. The highest BCUT2D eigenvalue weighted by Gasteiger charge is 2.65. The smallest absolute Gasteiger partial charge is 0.0857 e. The third-order valence-electron chi connectivity index (χ3n) is 11.3. The Balaban J connectivity index is 1.54. The lowest BCUT2D eigenvalue weighted by Crippen LogP contribution is -2.63. The van der Waals surface area contributed by atoms with E-state index in [1.54, 1.807) is 0 Å². The van der Waals surface area contributed by atoms with Crippen LogP contribution in [-0.2, 0) is 0 Å². The zero-order valence-corrected chi connectivity index (χ0v) is 21.2. The fraction of sp³-hybridized carbons (Fsp3) is 0.929. The lowest BCUT2D eigenvalue weighted by molar-refractivity contribution is -0.217. The predicted octanol–water partition coefficient (Wildman–Crippen LogP) is 3.52. The lowest BCUT2D eigenvalue weighted by atomic mass is 9.43. The number of aliphatic hydroxyl groups excluding tert-OH is 5. The molecule has 5 N–H and O–H groups in total. The van der Waals surface area contributed by atoms with Gasteiger partial charge in [-0.1, -0.05) is 39.8 Å². The average Bonchev–Trinajstić information content (AvgIpc) is 3.04. The summed E-state index contributed by atoms with van der Waals surface area (Å²) in [5.74, 6) is 1.58. The summed E-state index contributed by atoms with van der Waals surface area (Å²) in [6, 6.07) is 0. The van der Waals surface area contributed by atoms with E-state index < -0.39 is 18.3 Å². The van der Waals surface area contributed by atoms with Crippen molar-refractivity contribution in [1.29, 1.82) is 0 Å². The van der Waals surface area contributed by atoms with E-state index in [1.807, 2.05) is 6.92 Å². The average molecular weight is 465 g/mol. The largest absolute Gasteiger partial charge is 0.396 e. The molecule has 4 aliphatic rings. The Hall–Kier alpha value is -0.460. The zero-order chi connectivity index (χ0) is 24.3. The Kier molecular flexibility index (Phi) is 7.15. The van der Waals surface area contributed by atoms with Crippen molar-refractivity contribution in [2.24, 2.45) is 52.3 Å². The molecule has 0 amide bonds. The molecular formula is C28H48O5. The van der Waals surface area contributed by atoms with Crippen molar-refractivity contribution in [3.63, 3.8) is 0 Å². The van der Waals surface area contributed by atoms with E-state index in [9.17, 15) is 25.5 Å². The van der Waals surface area contributed by atoms with Gasteiger partial charge in [0.25, 0.3) is 0 Å². The molecule has 0 radical (unpaired) electrons. The third kappa shape index (κ3) is 4.04. The van der Waals surface area contributed by atoms with Crippen LogP contribution < -0.4 is 0 Å². The number of rotatable bonds is 6. The number of fused-ring (bicyclic) bond motifs is 5. The Bertz CT molecular complexity index is 725. The molecule has 13 atom stereocenters. The first kappa shape index (κ1) is 25.6. The van der Waals surface area contributed by atoms with Gasteiger partial charge in [-0.3, -0.25) is 0 Å². The summed E-state index contributed by atoms with van der Waals surface area (Å²) in [7, 11) is 0. The molecule has 4 saturated carbocycles. The Labute approximate surface area is 200 Å². The maximum atomic E-state index is 11.4. The summed E-state index contributed by atoms with van der Waals surface area (Å²) in [5.41, 5.74) is 0.976. The van der Waals surface area contributed by atoms with Crippen molar-refractivity contribution >= 4 is 0 Å². The van der Waals surface area contributed by atoms with Gasteiger partial charge in [-0.05, 0) is 97.7 Å². The minimum Gasteiger partial charge on any atom is -0.396 e. The highest BCUT2D eigenvalue weighted by Crippen LogP contribution is 2.68. The van der Waals surface area contributed by atoms with E-state index in [0.29, 0.717) is 30.6 Å². The van der Waals surface area contributed by atoms with Gasteiger partial charge < -0.3 is 25.5 Å². The number of aliphatic hydroxyl groups is 5. The molecule has 0 aliphatic heterocycles. The third-order valence-corrected chi connectivity index (χ3v) is 11.3. The first-order chi connectivity index (χ1) is 15.5. The van der Waals surface area contributed by atoms with Gasteiger partial charge >= 0.3 is 0 Å². The molecule has 190 valence electrons. The summed E-state index contributed by atoms with van der Waals surface area (Å²) in [6.45, 7) is 13.3. The maximum absolute atomic E-state index is 11.4. The first-order valence-corrected chi connectivity index (χ1v) is 13.5. The van der Waals surface area contributed by atoms with Crippen LogP contribution in [0.15, 0.2) is 12.2 Å². The molecule has 4 aliphatic carbocycles. The van der Waals surface area contributed by atoms with Crippen molar-refractivity contribution in [2.75, 3.05) is 6.61 Å². The van der Waals surface area contributed by atoms with Crippen LogP contribution in [-0.4, -0.2) is 56.6 Å². The standard InChI is InChI=1S/C28H48O5/c1-15(17(3)14-29)6-7-16(2)20-13-23(32)24-18-12-22(31)25-26(33)21(30)9-11-27(25,4)19(18)8-10-28(20,24)5/h16-26,29-33H,1,6-14H2,2-5H3/t16?,17-,18-,19?,20?,21+,22?,23-,24?,25?,26+,27-,28-/m1/s1. The summed E-state index contributed by atoms with van der Waals surface area (Å²) in [5, 5.41) is 53.1. The number of hydrogen-bond donors (Lipinski definition) is 5. The van der Waals surface area contributed by atoms with Gasteiger partial charge in [0, 0.05) is 12.5 Å². The molecule has 5 nitrogen and oxygen atoms in total. The van der Waals surface area contributed by atoms with Crippen molar-refractivity contribution in [2.45, 2.75) is 103 Å². The van der Waals surface area contributed by atoms with Gasteiger partial charge in [0.05, 0.1) is 24.4 Å². The molecule has 0 heterocycles. The van der Waals surface area contributed by atoms with Gasteiger partial charge in [-0.2, -0.15) is 0 Å². The monoisotopic (exact) mass is 464 g/mol. The molecule has 5 heteroatoms. The van der Waals surface area contributed by atoms with Crippen LogP contribution in [0.4, 0.5) is 0 Å². The lowest BCUT2D eigenvalue weighted by Gasteiger charge is -2.63. The van der Waals surface area contributed by atoms with Crippen molar-refractivity contribution in [3.8, 4) is 0 Å². The first-order valence-electron chi connectivity index (χ1n) is 13.5. The van der Waals surface area contributed by atoms with Crippen LogP contribution >= 0.6 is 0 Å². The molecular weight excluding hydrogens is 416 g/mol. The molecule has 0 aromatic rings. The second-order valence-corrected chi connectivity index (χ2v) is 12.9. The van der Waals surface area contributed by atoms with Crippen LogP contribution in [0.1, 0.15) is 79.1 Å². The summed E-state index contributed by atoms with van der Waals surface area (Å²) < 4.78 is 0. The van der Waals surface area contributed by atoms with E-state index in [0.717, 1.165) is 44.1 Å². The summed E-state index contributed by atoms with van der Waals surface area (Å²) >= 11 is 0. The maximum Gasteiger partial charge on any atom is 0.0857 e. The molecule has 6 unspecified atom stereocenters. The van der Waals surface area contributed by atoms with Crippen LogP contribution in [0.5, 0.6) is 0 Å². The second-order valence-electron chi connectivity index (χ2n) is 12.9. The van der Waals surface area contributed by atoms with Crippen LogP contribution in [0, 0.1) is 52.3 Å². The van der Waals surface area contributed by atoms with E-state index in [-0.39, 0.29) is 47.2 Å². The summed E-state index contributed by atoms with van der Waals surface area (Å²) in [4.78, 5) is 0. The van der Waals surface area contributed by atoms with Gasteiger partial charge in [-0.15, -0.1) is 0 Å². The van der Waals surface area contributed by atoms with Crippen molar-refractivity contribution < 1.29 is 25.5 Å². The molecule has 0 spiro atoms. The van der Waals surface area contributed by atoms with Crippen molar-refractivity contribution in [3.05, 3.63) is 12.2 Å². The molecule has 33 heavy (non-hydrogen) atoms. The molecule has 0 aromatic carbocycles. The van der Waals surface area contributed by atoms with E-state index in [2.05, 4.69) is 27.4 Å². The summed E-state index contributed by atoms with van der Waals surface area (Å²) in [6.07, 6.45) is 4.39.